The number of aromatic nitrogens is 1. The third kappa shape index (κ3) is 7.52. The van der Waals surface area contributed by atoms with Crippen molar-refractivity contribution in [2.24, 2.45) is 0 Å². The molecular formula is C31H44N2O3. The number of rotatable bonds is 15. The van der Waals surface area contributed by atoms with E-state index in [1.54, 1.807) is 18.2 Å². The van der Waals surface area contributed by atoms with Gasteiger partial charge < -0.3 is 19.7 Å². The summed E-state index contributed by atoms with van der Waals surface area (Å²) in [6.07, 6.45) is 12.2. The number of carbonyl (C=O) groups excluding carboxylic acids is 1. The van der Waals surface area contributed by atoms with Crippen molar-refractivity contribution in [3.05, 3.63) is 48.0 Å². The molecule has 0 fully saturated rings. The molecule has 0 spiro atoms. The van der Waals surface area contributed by atoms with Gasteiger partial charge in [-0.2, -0.15) is 0 Å². The number of benzene rings is 2. The number of aromatic hydroxyl groups is 2. The zero-order valence-electron chi connectivity index (χ0n) is 22.4. The first-order chi connectivity index (χ1) is 17.4. The molecule has 5 heteroatoms. The number of fused-ring (bicyclic) bond motifs is 1. The molecule has 3 rings (SSSR count). The lowest BCUT2D eigenvalue weighted by Crippen LogP contribution is -2.27. The first-order valence-corrected chi connectivity index (χ1v) is 13.8. The van der Waals surface area contributed by atoms with Gasteiger partial charge in [-0.25, -0.2) is 0 Å². The highest BCUT2D eigenvalue weighted by molar-refractivity contribution is 5.92. The Labute approximate surface area is 216 Å². The molecule has 0 bridgehead atoms. The number of phenols is 2. The average molecular weight is 493 g/mol. The van der Waals surface area contributed by atoms with Crippen molar-refractivity contribution in [2.75, 3.05) is 13.6 Å². The van der Waals surface area contributed by atoms with Crippen molar-refractivity contribution >= 4 is 16.8 Å². The molecule has 196 valence electrons. The number of unbranched alkanes of at least 4 members (excludes halogenated alkanes) is 8. The van der Waals surface area contributed by atoms with Gasteiger partial charge in [-0.1, -0.05) is 51.9 Å². The molecule has 0 atom stereocenters. The molecule has 2 aromatic carbocycles. The average Bonchev–Trinajstić information content (AvgIpc) is 3.14. The molecule has 1 amide bonds. The van der Waals surface area contributed by atoms with Crippen LogP contribution in [0, 0.1) is 6.92 Å². The molecule has 0 saturated carbocycles. The standard InChI is InChI=1S/C31H44N2O3/c1-4-5-12-21-32(3)30(36)14-11-9-7-6-8-10-13-22-33-29-20-19-27(35)23-28(29)24(2)31(33)25-15-17-26(34)18-16-25/h15-20,23,34-35H,4-14,21-22H2,1-3H3. The lowest BCUT2D eigenvalue weighted by atomic mass is 10.1. The summed E-state index contributed by atoms with van der Waals surface area (Å²) < 4.78 is 2.36. The van der Waals surface area contributed by atoms with E-state index < -0.39 is 0 Å². The largest absolute Gasteiger partial charge is 0.508 e. The smallest absolute Gasteiger partial charge is 0.222 e. The van der Waals surface area contributed by atoms with Crippen LogP contribution in [0.4, 0.5) is 0 Å². The summed E-state index contributed by atoms with van der Waals surface area (Å²) in [6, 6.07) is 13.0. The van der Waals surface area contributed by atoms with Crippen LogP contribution in [0.5, 0.6) is 11.5 Å². The molecule has 0 unspecified atom stereocenters. The topological polar surface area (TPSA) is 65.7 Å². The van der Waals surface area contributed by atoms with Crippen LogP contribution in [-0.4, -0.2) is 39.2 Å². The van der Waals surface area contributed by atoms with Gasteiger partial charge in [0.25, 0.3) is 0 Å². The second-order valence-electron chi connectivity index (χ2n) is 10.1. The Hall–Kier alpha value is -2.95. The van der Waals surface area contributed by atoms with Gasteiger partial charge in [0.1, 0.15) is 11.5 Å². The van der Waals surface area contributed by atoms with Crippen LogP contribution in [0.15, 0.2) is 42.5 Å². The Kier molecular flexibility index (Phi) is 10.7. The van der Waals surface area contributed by atoms with E-state index in [1.807, 2.05) is 36.2 Å². The van der Waals surface area contributed by atoms with E-state index >= 15 is 0 Å². The molecule has 2 N–H and O–H groups in total. The van der Waals surface area contributed by atoms with E-state index in [9.17, 15) is 15.0 Å². The van der Waals surface area contributed by atoms with Gasteiger partial charge in [0.05, 0.1) is 5.69 Å². The summed E-state index contributed by atoms with van der Waals surface area (Å²) in [5, 5.41) is 20.8. The van der Waals surface area contributed by atoms with Gasteiger partial charge in [0.2, 0.25) is 5.91 Å². The first-order valence-electron chi connectivity index (χ1n) is 13.8. The normalized spacial score (nSPS) is 11.3. The van der Waals surface area contributed by atoms with Crippen LogP contribution in [0.1, 0.15) is 83.1 Å². The van der Waals surface area contributed by atoms with E-state index in [0.717, 1.165) is 66.5 Å². The molecular weight excluding hydrogens is 448 g/mol. The number of hydrogen-bond acceptors (Lipinski definition) is 3. The van der Waals surface area contributed by atoms with Crippen LogP contribution < -0.4 is 0 Å². The number of phenolic OH excluding ortho intramolecular Hbond substituents is 2. The fourth-order valence-corrected chi connectivity index (χ4v) is 5.08. The van der Waals surface area contributed by atoms with Crippen molar-refractivity contribution in [3.8, 4) is 22.8 Å². The van der Waals surface area contributed by atoms with E-state index in [-0.39, 0.29) is 17.4 Å². The second-order valence-corrected chi connectivity index (χ2v) is 10.1. The Morgan fingerprint density at radius 3 is 2.17 bits per heavy atom. The fourth-order valence-electron chi connectivity index (χ4n) is 5.08. The van der Waals surface area contributed by atoms with Gasteiger partial charge in [-0.05, 0) is 79.8 Å². The van der Waals surface area contributed by atoms with Gasteiger partial charge in [-0.3, -0.25) is 4.79 Å². The highest BCUT2D eigenvalue weighted by atomic mass is 16.3. The van der Waals surface area contributed by atoms with E-state index in [4.69, 9.17) is 0 Å². The molecule has 1 heterocycles. The van der Waals surface area contributed by atoms with E-state index in [2.05, 4.69) is 18.4 Å². The number of hydrogen-bond donors (Lipinski definition) is 2. The van der Waals surface area contributed by atoms with Crippen molar-refractivity contribution in [1.82, 2.24) is 9.47 Å². The Bertz CT molecular complexity index is 1100. The summed E-state index contributed by atoms with van der Waals surface area (Å²) in [5.41, 5.74) is 4.52. The number of carbonyl (C=O) groups is 1. The summed E-state index contributed by atoms with van der Waals surface area (Å²) in [5.74, 6) is 0.836. The van der Waals surface area contributed by atoms with Crippen LogP contribution in [0.25, 0.3) is 22.2 Å². The predicted molar refractivity (Wildman–Crippen MR) is 150 cm³/mol. The molecule has 0 aliphatic heterocycles. The second kappa shape index (κ2) is 14.0. The van der Waals surface area contributed by atoms with Crippen LogP contribution in [-0.2, 0) is 11.3 Å². The molecule has 0 saturated heterocycles. The quantitative estimate of drug-likeness (QED) is 0.213. The highest BCUT2D eigenvalue weighted by Gasteiger charge is 2.16. The number of amides is 1. The van der Waals surface area contributed by atoms with Crippen molar-refractivity contribution in [1.29, 1.82) is 0 Å². The van der Waals surface area contributed by atoms with Gasteiger partial charge in [0, 0.05) is 37.5 Å². The summed E-state index contributed by atoms with van der Waals surface area (Å²) >= 11 is 0. The molecule has 0 aliphatic carbocycles. The first kappa shape index (κ1) is 27.6. The molecule has 0 aliphatic rings. The van der Waals surface area contributed by atoms with Crippen LogP contribution in [0.2, 0.25) is 0 Å². The summed E-state index contributed by atoms with van der Waals surface area (Å²) in [6.45, 7) is 6.10. The number of aryl methyl sites for hydroxylation is 2. The Balaban J connectivity index is 1.45. The maximum absolute atomic E-state index is 12.2. The maximum atomic E-state index is 12.2. The van der Waals surface area contributed by atoms with E-state index in [1.165, 1.54) is 38.5 Å². The minimum Gasteiger partial charge on any atom is -0.508 e. The maximum Gasteiger partial charge on any atom is 0.222 e. The fraction of sp³-hybridized carbons (Fsp3) is 0.516. The zero-order chi connectivity index (χ0) is 25.9. The predicted octanol–water partition coefficient (Wildman–Crippen LogP) is 7.80. The van der Waals surface area contributed by atoms with Gasteiger partial charge >= 0.3 is 0 Å². The monoisotopic (exact) mass is 492 g/mol. The van der Waals surface area contributed by atoms with E-state index in [0.29, 0.717) is 6.42 Å². The van der Waals surface area contributed by atoms with Gasteiger partial charge in [0.15, 0.2) is 0 Å². The highest BCUT2D eigenvalue weighted by Crippen LogP contribution is 2.36. The third-order valence-corrected chi connectivity index (χ3v) is 7.24. The molecule has 1 aromatic heterocycles. The Morgan fingerprint density at radius 2 is 1.47 bits per heavy atom. The third-order valence-electron chi connectivity index (χ3n) is 7.24. The lowest BCUT2D eigenvalue weighted by Gasteiger charge is -2.16. The Morgan fingerprint density at radius 1 is 0.833 bits per heavy atom. The minimum atomic E-state index is 0.264. The number of nitrogens with zero attached hydrogens (tertiary/aromatic N) is 2. The SMILES string of the molecule is CCCCCN(C)C(=O)CCCCCCCCCn1c(-c2ccc(O)cc2)c(C)c2cc(O)ccc21. The van der Waals surface area contributed by atoms with Crippen molar-refractivity contribution < 1.29 is 15.0 Å². The van der Waals surface area contributed by atoms with Crippen LogP contribution in [0.3, 0.4) is 0 Å². The van der Waals surface area contributed by atoms with Crippen molar-refractivity contribution in [3.63, 3.8) is 0 Å². The lowest BCUT2D eigenvalue weighted by molar-refractivity contribution is -0.130. The zero-order valence-corrected chi connectivity index (χ0v) is 22.4. The van der Waals surface area contributed by atoms with Gasteiger partial charge in [-0.15, -0.1) is 0 Å². The summed E-state index contributed by atoms with van der Waals surface area (Å²) in [7, 11) is 1.93. The minimum absolute atomic E-state index is 0.264. The molecule has 5 nitrogen and oxygen atoms in total. The van der Waals surface area contributed by atoms with Crippen molar-refractivity contribution in [2.45, 2.75) is 91.0 Å². The summed E-state index contributed by atoms with van der Waals surface area (Å²) in [4.78, 5) is 14.1. The van der Waals surface area contributed by atoms with Crippen LogP contribution >= 0.6 is 0 Å². The molecule has 36 heavy (non-hydrogen) atoms. The molecule has 0 radical (unpaired) electrons. The molecule has 3 aromatic rings.